The molecule has 1 fully saturated rings. The quantitative estimate of drug-likeness (QED) is 0.599. The fourth-order valence-electron chi connectivity index (χ4n) is 2.35. The third-order valence-corrected chi connectivity index (χ3v) is 3.18. The van der Waals surface area contributed by atoms with Crippen molar-refractivity contribution in [3.05, 3.63) is 30.1 Å². The van der Waals surface area contributed by atoms with Crippen LogP contribution < -0.4 is 0 Å². The summed E-state index contributed by atoms with van der Waals surface area (Å²) in [4.78, 5) is 8.55. The predicted octanol–water partition coefficient (Wildman–Crippen LogP) is 1.67. The van der Waals surface area contributed by atoms with E-state index < -0.39 is 0 Å². The highest BCUT2D eigenvalue weighted by Crippen LogP contribution is 2.11. The minimum atomic E-state index is 0.648. The van der Waals surface area contributed by atoms with Gasteiger partial charge in [0.25, 0.3) is 0 Å². The van der Waals surface area contributed by atoms with Crippen molar-refractivity contribution in [2.45, 2.75) is 13.8 Å². The molecule has 0 aliphatic carbocycles. The Morgan fingerprint density at radius 3 is 2.53 bits per heavy atom. The second kappa shape index (κ2) is 5.82. The summed E-state index contributed by atoms with van der Waals surface area (Å²) in [5.74, 6) is 1.56. The highest BCUT2D eigenvalue weighted by molar-refractivity contribution is 5.97. The summed E-state index contributed by atoms with van der Waals surface area (Å²) in [6, 6.07) is 5.79. The van der Waals surface area contributed by atoms with Crippen LogP contribution in [0.15, 0.2) is 34.6 Å². The number of pyridine rings is 1. The molecule has 1 aromatic rings. The van der Waals surface area contributed by atoms with Gasteiger partial charge in [0, 0.05) is 33.4 Å². The van der Waals surface area contributed by atoms with E-state index in [9.17, 15) is 0 Å². The van der Waals surface area contributed by atoms with Gasteiger partial charge in [-0.2, -0.15) is 5.10 Å². The number of guanidine groups is 1. The molecule has 0 spiro atoms. The molecule has 0 amide bonds. The van der Waals surface area contributed by atoms with Gasteiger partial charge < -0.3 is 9.80 Å². The van der Waals surface area contributed by atoms with Crippen molar-refractivity contribution in [3.8, 4) is 0 Å². The van der Waals surface area contributed by atoms with Crippen LogP contribution in [0.3, 0.4) is 0 Å². The van der Waals surface area contributed by atoms with Crippen LogP contribution in [0.1, 0.15) is 19.5 Å². The molecule has 5 nitrogen and oxygen atoms in total. The maximum atomic E-state index is 4.37. The minimum Gasteiger partial charge on any atom is -0.344 e. The summed E-state index contributed by atoms with van der Waals surface area (Å²) in [7, 11) is 4.10. The summed E-state index contributed by atoms with van der Waals surface area (Å²) < 4.78 is 0. The molecule has 2 heterocycles. The van der Waals surface area contributed by atoms with Crippen LogP contribution >= 0.6 is 0 Å². The molecule has 0 N–H and O–H groups in total. The Bertz CT molecular complexity index is 466. The zero-order valence-corrected chi connectivity index (χ0v) is 12.0. The third-order valence-electron chi connectivity index (χ3n) is 3.18. The van der Waals surface area contributed by atoms with E-state index in [2.05, 4.69) is 46.0 Å². The fraction of sp³-hybridized carbons (Fsp3) is 0.500. The third kappa shape index (κ3) is 3.30. The van der Waals surface area contributed by atoms with Crippen molar-refractivity contribution in [1.82, 2.24) is 14.8 Å². The molecule has 19 heavy (non-hydrogen) atoms. The molecule has 0 atom stereocenters. The van der Waals surface area contributed by atoms with Gasteiger partial charge in [-0.15, -0.1) is 5.10 Å². The lowest BCUT2D eigenvalue weighted by molar-refractivity contribution is 0.252. The van der Waals surface area contributed by atoms with Gasteiger partial charge in [-0.25, -0.2) is 0 Å². The number of nitrogens with zero attached hydrogens (tertiary/aromatic N) is 5. The van der Waals surface area contributed by atoms with Crippen LogP contribution in [0.25, 0.3) is 0 Å². The first kappa shape index (κ1) is 13.5. The van der Waals surface area contributed by atoms with Crippen LogP contribution in [-0.2, 0) is 0 Å². The molecule has 0 aromatic carbocycles. The van der Waals surface area contributed by atoms with E-state index in [-0.39, 0.29) is 0 Å². The van der Waals surface area contributed by atoms with Crippen LogP contribution in [0.2, 0.25) is 0 Å². The molecule has 1 aliphatic rings. The summed E-state index contributed by atoms with van der Waals surface area (Å²) in [6.07, 6.45) is 1.77. The minimum absolute atomic E-state index is 0.648. The maximum absolute atomic E-state index is 4.37. The zero-order chi connectivity index (χ0) is 13.8. The Labute approximate surface area is 114 Å². The molecule has 5 heteroatoms. The molecule has 1 aliphatic heterocycles. The lowest BCUT2D eigenvalue weighted by Crippen LogP contribution is -2.50. The Hall–Kier alpha value is -1.91. The number of hydrogen-bond acceptors (Lipinski definition) is 3. The first-order chi connectivity index (χ1) is 9.08. The van der Waals surface area contributed by atoms with Crippen LogP contribution in [-0.4, -0.2) is 53.6 Å². The van der Waals surface area contributed by atoms with E-state index in [1.54, 1.807) is 6.20 Å². The predicted molar refractivity (Wildman–Crippen MR) is 78.3 cm³/mol. The highest BCUT2D eigenvalue weighted by Gasteiger charge is 2.22. The Morgan fingerprint density at radius 2 is 1.95 bits per heavy atom. The second-order valence-electron chi connectivity index (χ2n) is 5.17. The Kier molecular flexibility index (Phi) is 4.14. The average molecular weight is 259 g/mol. The summed E-state index contributed by atoms with van der Waals surface area (Å²) >= 11 is 0. The van der Waals surface area contributed by atoms with Gasteiger partial charge in [0.2, 0.25) is 5.96 Å². The van der Waals surface area contributed by atoms with Crippen molar-refractivity contribution in [2.24, 2.45) is 16.1 Å². The van der Waals surface area contributed by atoms with Gasteiger partial charge in [0.1, 0.15) is 0 Å². The Morgan fingerprint density at radius 1 is 1.26 bits per heavy atom. The zero-order valence-electron chi connectivity index (χ0n) is 12.0. The Balaban J connectivity index is 2.17. The average Bonchev–Trinajstić information content (AvgIpc) is 2.38. The lowest BCUT2D eigenvalue weighted by Gasteiger charge is -2.37. The summed E-state index contributed by atoms with van der Waals surface area (Å²) in [5.41, 5.74) is 1.69. The van der Waals surface area contributed by atoms with Gasteiger partial charge in [-0.05, 0) is 25.0 Å². The van der Waals surface area contributed by atoms with Crippen LogP contribution in [0, 0.1) is 5.92 Å². The molecule has 0 bridgehead atoms. The van der Waals surface area contributed by atoms with Crippen molar-refractivity contribution in [1.29, 1.82) is 0 Å². The van der Waals surface area contributed by atoms with E-state index in [1.165, 1.54) is 0 Å². The summed E-state index contributed by atoms with van der Waals surface area (Å²) in [5, 5.41) is 8.68. The molecule has 0 unspecified atom stereocenters. The molecule has 2 rings (SSSR count). The van der Waals surface area contributed by atoms with Gasteiger partial charge >= 0.3 is 0 Å². The van der Waals surface area contributed by atoms with E-state index in [1.807, 2.05) is 25.1 Å². The number of hydrogen-bond donors (Lipinski definition) is 0. The molecule has 0 saturated carbocycles. The standard InChI is InChI=1S/C14H21N5/c1-11-9-18(3)14(19(4)10-11)17-16-12(2)13-7-5-6-8-15-13/h5-8,11H,9-10H2,1-4H3/b16-12-,17-14?. The largest absolute Gasteiger partial charge is 0.344 e. The van der Waals surface area contributed by atoms with Crippen LogP contribution in [0.4, 0.5) is 0 Å². The number of aromatic nitrogens is 1. The monoisotopic (exact) mass is 259 g/mol. The van der Waals surface area contributed by atoms with E-state index >= 15 is 0 Å². The summed E-state index contributed by atoms with van der Waals surface area (Å²) in [6.45, 7) is 6.20. The van der Waals surface area contributed by atoms with Gasteiger partial charge in [-0.1, -0.05) is 13.0 Å². The maximum Gasteiger partial charge on any atom is 0.221 e. The molecule has 0 radical (unpaired) electrons. The number of rotatable bonds is 2. The molecule has 1 aromatic heterocycles. The van der Waals surface area contributed by atoms with E-state index in [0.717, 1.165) is 30.5 Å². The normalized spacial score (nSPS) is 20.7. The molecule has 102 valence electrons. The second-order valence-corrected chi connectivity index (χ2v) is 5.17. The fourth-order valence-corrected chi connectivity index (χ4v) is 2.35. The smallest absolute Gasteiger partial charge is 0.221 e. The van der Waals surface area contributed by atoms with Crippen molar-refractivity contribution >= 4 is 11.7 Å². The first-order valence-corrected chi connectivity index (χ1v) is 6.54. The molecular weight excluding hydrogens is 238 g/mol. The van der Waals surface area contributed by atoms with Gasteiger partial charge in [0.05, 0.1) is 11.4 Å². The lowest BCUT2D eigenvalue weighted by atomic mass is 10.1. The van der Waals surface area contributed by atoms with E-state index in [4.69, 9.17) is 0 Å². The van der Waals surface area contributed by atoms with Crippen molar-refractivity contribution in [3.63, 3.8) is 0 Å². The first-order valence-electron chi connectivity index (χ1n) is 6.54. The van der Waals surface area contributed by atoms with Crippen molar-refractivity contribution < 1.29 is 0 Å². The van der Waals surface area contributed by atoms with Crippen LogP contribution in [0.5, 0.6) is 0 Å². The topological polar surface area (TPSA) is 44.1 Å². The van der Waals surface area contributed by atoms with Crippen molar-refractivity contribution in [2.75, 3.05) is 27.2 Å². The molecule has 1 saturated heterocycles. The van der Waals surface area contributed by atoms with E-state index in [0.29, 0.717) is 5.92 Å². The highest BCUT2D eigenvalue weighted by atomic mass is 15.4. The van der Waals surface area contributed by atoms with Gasteiger partial charge in [-0.3, -0.25) is 4.98 Å². The SMILES string of the molecule is C/C(=N/N=C1N(C)CC(C)CN1C)c1ccccn1. The molecular formula is C14H21N5. The van der Waals surface area contributed by atoms with Gasteiger partial charge in [0.15, 0.2) is 0 Å².